The summed E-state index contributed by atoms with van der Waals surface area (Å²) >= 11 is 0. The van der Waals surface area contributed by atoms with E-state index in [1.807, 2.05) is 12.1 Å². The van der Waals surface area contributed by atoms with Crippen LogP contribution in [0.3, 0.4) is 0 Å². The molecule has 0 aliphatic heterocycles. The molecule has 1 aromatic rings. The third-order valence-corrected chi connectivity index (χ3v) is 2.31. The molecular formula is C12H12FN3O. The van der Waals surface area contributed by atoms with Crippen LogP contribution < -0.4 is 4.90 Å². The van der Waals surface area contributed by atoms with Crippen molar-refractivity contribution in [2.45, 2.75) is 13.0 Å². The number of halogens is 1. The number of hydrogen-bond acceptors (Lipinski definition) is 4. The Morgan fingerprint density at radius 1 is 1.35 bits per heavy atom. The third kappa shape index (κ3) is 2.93. The molecular weight excluding hydrogens is 221 g/mol. The quantitative estimate of drug-likeness (QED) is 0.804. The number of anilines is 1. The van der Waals surface area contributed by atoms with E-state index in [9.17, 15) is 9.50 Å². The third-order valence-electron chi connectivity index (χ3n) is 2.31. The Morgan fingerprint density at radius 3 is 2.41 bits per heavy atom. The molecule has 0 unspecified atom stereocenters. The highest BCUT2D eigenvalue weighted by Crippen LogP contribution is 2.28. The zero-order chi connectivity index (χ0) is 12.8. The highest BCUT2D eigenvalue weighted by atomic mass is 19.1. The van der Waals surface area contributed by atoms with Crippen molar-refractivity contribution in [3.63, 3.8) is 0 Å². The fourth-order valence-electron chi connectivity index (χ4n) is 1.59. The summed E-state index contributed by atoms with van der Waals surface area (Å²) in [6.07, 6.45) is -0.861. The van der Waals surface area contributed by atoms with Crippen molar-refractivity contribution >= 4 is 5.69 Å². The van der Waals surface area contributed by atoms with Gasteiger partial charge in [-0.15, -0.1) is 0 Å². The Bertz CT molecular complexity index is 458. The predicted molar refractivity (Wildman–Crippen MR) is 60.5 cm³/mol. The molecule has 1 N–H and O–H groups in total. The van der Waals surface area contributed by atoms with Gasteiger partial charge < -0.3 is 10.0 Å². The topological polar surface area (TPSA) is 71.0 Å². The van der Waals surface area contributed by atoms with Crippen LogP contribution in [0.15, 0.2) is 18.2 Å². The molecule has 0 spiro atoms. The minimum atomic E-state index is -0.861. The van der Waals surface area contributed by atoms with Gasteiger partial charge in [-0.3, -0.25) is 0 Å². The van der Waals surface area contributed by atoms with E-state index in [1.54, 1.807) is 6.07 Å². The van der Waals surface area contributed by atoms with E-state index in [0.717, 1.165) is 0 Å². The van der Waals surface area contributed by atoms with Crippen LogP contribution in [0, 0.1) is 28.5 Å². The molecule has 1 atom stereocenters. The molecule has 17 heavy (non-hydrogen) atoms. The highest BCUT2D eigenvalue weighted by Gasteiger charge is 2.18. The molecule has 1 aromatic carbocycles. The molecule has 0 bridgehead atoms. The van der Waals surface area contributed by atoms with Crippen molar-refractivity contribution in [3.8, 4) is 12.1 Å². The molecule has 0 radical (unpaired) electrons. The van der Waals surface area contributed by atoms with Gasteiger partial charge in [0.2, 0.25) is 0 Å². The zero-order valence-corrected chi connectivity index (χ0v) is 9.39. The first kappa shape index (κ1) is 13.0. The molecule has 0 aliphatic rings. The second-order valence-electron chi connectivity index (χ2n) is 3.53. The number of benzene rings is 1. The van der Waals surface area contributed by atoms with Crippen molar-refractivity contribution in [1.29, 1.82) is 10.5 Å². The van der Waals surface area contributed by atoms with Crippen LogP contribution in [-0.4, -0.2) is 18.2 Å². The Hall–Kier alpha value is -2.11. The summed E-state index contributed by atoms with van der Waals surface area (Å²) < 4.78 is 13.7. The lowest BCUT2D eigenvalue weighted by molar-refractivity contribution is 0.199. The first-order valence-corrected chi connectivity index (χ1v) is 5.07. The molecule has 0 aromatic heterocycles. The lowest BCUT2D eigenvalue weighted by Crippen LogP contribution is -2.26. The van der Waals surface area contributed by atoms with Crippen molar-refractivity contribution in [2.75, 3.05) is 18.0 Å². The summed E-state index contributed by atoms with van der Waals surface area (Å²) in [5.41, 5.74) is 0.487. The fraction of sp³-hybridized carbons (Fsp3) is 0.333. The van der Waals surface area contributed by atoms with Crippen LogP contribution in [0.4, 0.5) is 10.1 Å². The van der Waals surface area contributed by atoms with Crippen LogP contribution in [0.2, 0.25) is 0 Å². The number of aliphatic hydroxyl groups excluding tert-OH is 1. The van der Waals surface area contributed by atoms with Gasteiger partial charge in [-0.05, 0) is 13.0 Å². The van der Waals surface area contributed by atoms with Gasteiger partial charge in [0.1, 0.15) is 18.9 Å². The summed E-state index contributed by atoms with van der Waals surface area (Å²) in [7, 11) is 0. The summed E-state index contributed by atoms with van der Waals surface area (Å²) in [4.78, 5) is 1.30. The van der Waals surface area contributed by atoms with Gasteiger partial charge in [-0.25, -0.2) is 4.39 Å². The molecule has 5 heteroatoms. The Labute approximate surface area is 99.1 Å². The maximum absolute atomic E-state index is 13.7. The predicted octanol–water partition coefficient (Wildman–Crippen LogP) is 1.73. The molecule has 0 aliphatic carbocycles. The van der Waals surface area contributed by atoms with Gasteiger partial charge >= 0.3 is 0 Å². The Balaban J connectivity index is 3.26. The zero-order valence-electron chi connectivity index (χ0n) is 9.39. The van der Waals surface area contributed by atoms with E-state index in [0.29, 0.717) is 5.56 Å². The van der Waals surface area contributed by atoms with Crippen molar-refractivity contribution in [1.82, 2.24) is 0 Å². The molecule has 0 amide bonds. The number of hydrogen-bond donors (Lipinski definition) is 1. The van der Waals surface area contributed by atoms with Crippen LogP contribution in [-0.2, 0) is 0 Å². The van der Waals surface area contributed by atoms with Crippen molar-refractivity contribution in [3.05, 3.63) is 29.6 Å². The first-order valence-electron chi connectivity index (χ1n) is 5.07. The Kier molecular flexibility index (Phi) is 4.45. The lowest BCUT2D eigenvalue weighted by Gasteiger charge is -2.23. The van der Waals surface area contributed by atoms with Crippen molar-refractivity contribution < 1.29 is 9.50 Å². The molecule has 0 saturated heterocycles. The summed E-state index contributed by atoms with van der Waals surface area (Å²) in [6, 6.07) is 8.04. The number of para-hydroxylation sites is 1. The minimum Gasteiger partial charge on any atom is -0.389 e. The normalized spacial score (nSPS) is 11.4. The molecule has 0 fully saturated rings. The van der Waals surface area contributed by atoms with E-state index in [2.05, 4.69) is 0 Å². The van der Waals surface area contributed by atoms with Gasteiger partial charge in [-0.1, -0.05) is 12.1 Å². The number of aliphatic hydroxyl groups is 1. The first-order chi connectivity index (χ1) is 8.11. The van der Waals surface area contributed by atoms with Crippen LogP contribution in [0.25, 0.3) is 0 Å². The minimum absolute atomic E-state index is 0.103. The van der Waals surface area contributed by atoms with E-state index in [-0.39, 0.29) is 18.8 Å². The molecule has 1 rings (SSSR count). The van der Waals surface area contributed by atoms with Gasteiger partial charge in [0.25, 0.3) is 0 Å². The van der Waals surface area contributed by atoms with Gasteiger partial charge in [0, 0.05) is 5.56 Å². The highest BCUT2D eigenvalue weighted by molar-refractivity contribution is 5.57. The molecule has 0 heterocycles. The SMILES string of the molecule is C[C@@H](O)c1cccc(F)c1N(CC#N)CC#N. The number of nitrogens with zero attached hydrogens (tertiary/aromatic N) is 3. The lowest BCUT2D eigenvalue weighted by atomic mass is 10.1. The fourth-order valence-corrected chi connectivity index (χ4v) is 1.59. The second-order valence-corrected chi connectivity index (χ2v) is 3.53. The van der Waals surface area contributed by atoms with Crippen LogP contribution in [0.5, 0.6) is 0 Å². The van der Waals surface area contributed by atoms with Gasteiger partial charge in [0.15, 0.2) is 0 Å². The summed E-state index contributed by atoms with van der Waals surface area (Å²) in [6.45, 7) is 1.30. The van der Waals surface area contributed by atoms with Crippen LogP contribution in [0.1, 0.15) is 18.6 Å². The number of rotatable bonds is 4. The maximum Gasteiger partial charge on any atom is 0.146 e. The van der Waals surface area contributed by atoms with E-state index >= 15 is 0 Å². The Morgan fingerprint density at radius 2 is 1.94 bits per heavy atom. The van der Waals surface area contributed by atoms with Gasteiger partial charge in [0.05, 0.1) is 23.9 Å². The van der Waals surface area contributed by atoms with Gasteiger partial charge in [-0.2, -0.15) is 10.5 Å². The summed E-state index contributed by atoms with van der Waals surface area (Å²) in [5, 5.41) is 26.9. The largest absolute Gasteiger partial charge is 0.389 e. The monoisotopic (exact) mass is 233 g/mol. The smallest absolute Gasteiger partial charge is 0.146 e. The summed E-state index contributed by atoms with van der Waals surface area (Å²) in [5.74, 6) is -0.547. The van der Waals surface area contributed by atoms with Crippen molar-refractivity contribution in [2.24, 2.45) is 0 Å². The van der Waals surface area contributed by atoms with E-state index in [4.69, 9.17) is 10.5 Å². The van der Waals surface area contributed by atoms with Crippen LogP contribution >= 0.6 is 0 Å². The standard InChI is InChI=1S/C12H12FN3O/c1-9(17)10-3-2-4-11(13)12(10)16(7-5-14)8-6-15/h2-4,9,17H,7-8H2,1H3/t9-/m1/s1. The molecule has 4 nitrogen and oxygen atoms in total. The maximum atomic E-state index is 13.7. The average Bonchev–Trinajstić information content (AvgIpc) is 2.28. The van der Waals surface area contributed by atoms with E-state index in [1.165, 1.54) is 24.0 Å². The number of nitriles is 2. The molecule has 0 saturated carbocycles. The average molecular weight is 233 g/mol. The second kappa shape index (κ2) is 5.83. The van der Waals surface area contributed by atoms with E-state index < -0.39 is 11.9 Å². The molecule has 88 valence electrons.